The summed E-state index contributed by atoms with van der Waals surface area (Å²) < 4.78 is 26.0. The van der Waals surface area contributed by atoms with Gasteiger partial charge in [-0.1, -0.05) is 0 Å². The van der Waals surface area contributed by atoms with Gasteiger partial charge in [0.15, 0.2) is 0 Å². The van der Waals surface area contributed by atoms with Crippen molar-refractivity contribution in [3.8, 4) is 0 Å². The molecule has 1 aliphatic heterocycles. The summed E-state index contributed by atoms with van der Waals surface area (Å²) in [5.41, 5.74) is 0.817. The highest BCUT2D eigenvalue weighted by Gasteiger charge is 2.44. The first kappa shape index (κ1) is 9.83. The third kappa shape index (κ3) is 1.73. The molecule has 14 heavy (non-hydrogen) atoms. The van der Waals surface area contributed by atoms with Gasteiger partial charge in [0.25, 0.3) is 5.92 Å². The molecule has 0 unspecified atom stereocenters. The second-order valence-electron chi connectivity index (χ2n) is 3.45. The van der Waals surface area contributed by atoms with Crippen LogP contribution in [0.4, 0.5) is 14.6 Å². The van der Waals surface area contributed by atoms with Crippen molar-refractivity contribution in [1.82, 2.24) is 4.98 Å². The summed E-state index contributed by atoms with van der Waals surface area (Å²) >= 11 is 3.31. The zero-order chi connectivity index (χ0) is 10.3. The predicted octanol–water partition coefficient (Wildman–Crippen LogP) is 2.61. The monoisotopic (exact) mass is 262 g/mol. The summed E-state index contributed by atoms with van der Waals surface area (Å²) in [7, 11) is 0. The van der Waals surface area contributed by atoms with Gasteiger partial charge >= 0.3 is 0 Å². The van der Waals surface area contributed by atoms with E-state index in [1.807, 2.05) is 13.0 Å². The number of halogens is 3. The molecule has 0 spiro atoms. The number of hydrogen-bond acceptors (Lipinski definition) is 2. The lowest BCUT2D eigenvalue weighted by Crippen LogP contribution is -2.56. The van der Waals surface area contributed by atoms with Crippen LogP contribution in [0.15, 0.2) is 16.6 Å². The van der Waals surface area contributed by atoms with Gasteiger partial charge in [0.1, 0.15) is 5.82 Å². The summed E-state index contributed by atoms with van der Waals surface area (Å²) in [6.07, 6.45) is 0. The number of hydrogen-bond donors (Lipinski definition) is 0. The topological polar surface area (TPSA) is 16.1 Å². The minimum absolute atomic E-state index is 0.221. The van der Waals surface area contributed by atoms with Crippen LogP contribution in [-0.4, -0.2) is 24.0 Å². The maximum atomic E-state index is 12.6. The number of anilines is 1. The molecule has 0 aromatic carbocycles. The van der Waals surface area contributed by atoms with Crippen molar-refractivity contribution in [2.75, 3.05) is 18.0 Å². The molecule has 1 saturated heterocycles. The summed E-state index contributed by atoms with van der Waals surface area (Å²) in [4.78, 5) is 5.77. The van der Waals surface area contributed by atoms with Crippen LogP contribution in [0.25, 0.3) is 0 Å². The Labute approximate surface area is 89.1 Å². The van der Waals surface area contributed by atoms with Crippen molar-refractivity contribution in [2.45, 2.75) is 12.8 Å². The van der Waals surface area contributed by atoms with Crippen molar-refractivity contribution in [3.63, 3.8) is 0 Å². The molecule has 0 saturated carbocycles. The van der Waals surface area contributed by atoms with Gasteiger partial charge in [-0.15, -0.1) is 0 Å². The Bertz CT molecular complexity index is 360. The van der Waals surface area contributed by atoms with Crippen molar-refractivity contribution in [2.24, 2.45) is 0 Å². The second-order valence-corrected chi connectivity index (χ2v) is 4.30. The minimum Gasteiger partial charge on any atom is -0.344 e. The van der Waals surface area contributed by atoms with Crippen LogP contribution in [0.3, 0.4) is 0 Å². The van der Waals surface area contributed by atoms with Gasteiger partial charge in [0.2, 0.25) is 0 Å². The number of aromatic nitrogens is 1. The minimum atomic E-state index is -2.54. The van der Waals surface area contributed by atoms with E-state index in [2.05, 4.69) is 20.9 Å². The zero-order valence-corrected chi connectivity index (χ0v) is 9.18. The largest absolute Gasteiger partial charge is 0.344 e. The lowest BCUT2D eigenvalue weighted by atomic mass is 10.1. The summed E-state index contributed by atoms with van der Waals surface area (Å²) in [6.45, 7) is 1.40. The smallest absolute Gasteiger partial charge is 0.282 e. The molecule has 0 atom stereocenters. The van der Waals surface area contributed by atoms with Gasteiger partial charge in [0, 0.05) is 4.47 Å². The maximum Gasteiger partial charge on any atom is 0.282 e. The van der Waals surface area contributed by atoms with Crippen LogP contribution in [0, 0.1) is 6.92 Å². The lowest BCUT2D eigenvalue weighted by Gasteiger charge is -2.39. The van der Waals surface area contributed by atoms with Crippen LogP contribution >= 0.6 is 15.9 Å². The quantitative estimate of drug-likeness (QED) is 0.774. The fourth-order valence-electron chi connectivity index (χ4n) is 1.38. The average molecular weight is 263 g/mol. The van der Waals surface area contributed by atoms with Crippen LogP contribution in [0.5, 0.6) is 0 Å². The first-order valence-electron chi connectivity index (χ1n) is 4.24. The molecule has 5 heteroatoms. The molecule has 0 radical (unpaired) electrons. The first-order valence-corrected chi connectivity index (χ1v) is 5.03. The maximum absolute atomic E-state index is 12.6. The number of pyridine rings is 1. The molecule has 0 amide bonds. The van der Waals surface area contributed by atoms with Crippen LogP contribution in [0.1, 0.15) is 5.69 Å². The number of alkyl halides is 2. The van der Waals surface area contributed by atoms with E-state index in [0.717, 1.165) is 10.2 Å². The van der Waals surface area contributed by atoms with E-state index in [1.54, 1.807) is 11.0 Å². The van der Waals surface area contributed by atoms with Gasteiger partial charge in [0.05, 0.1) is 18.8 Å². The van der Waals surface area contributed by atoms with Crippen LogP contribution in [-0.2, 0) is 0 Å². The summed E-state index contributed by atoms with van der Waals surface area (Å²) in [6, 6.07) is 3.57. The molecule has 2 nitrogen and oxygen atoms in total. The van der Waals surface area contributed by atoms with E-state index in [-0.39, 0.29) is 13.1 Å². The first-order chi connectivity index (χ1) is 6.48. The zero-order valence-electron chi connectivity index (χ0n) is 7.60. The lowest BCUT2D eigenvalue weighted by molar-refractivity contribution is -0.0267. The molecular weight excluding hydrogens is 254 g/mol. The SMILES string of the molecule is Cc1nc(N2CC(F)(F)C2)ccc1Br. The van der Waals surface area contributed by atoms with Gasteiger partial charge in [-0.2, -0.15) is 0 Å². The van der Waals surface area contributed by atoms with E-state index in [9.17, 15) is 8.78 Å². The Hall–Kier alpha value is -0.710. The normalized spacial score (nSPS) is 19.3. The molecule has 1 aromatic rings. The Morgan fingerprint density at radius 2 is 2.07 bits per heavy atom. The Morgan fingerprint density at radius 3 is 2.57 bits per heavy atom. The molecule has 1 fully saturated rings. The average Bonchev–Trinajstić information content (AvgIpc) is 2.06. The van der Waals surface area contributed by atoms with E-state index < -0.39 is 5.92 Å². The van der Waals surface area contributed by atoms with Crippen LogP contribution in [0.2, 0.25) is 0 Å². The van der Waals surface area contributed by atoms with Crippen molar-refractivity contribution >= 4 is 21.7 Å². The molecule has 1 aliphatic rings. The van der Waals surface area contributed by atoms with E-state index in [4.69, 9.17) is 0 Å². The van der Waals surface area contributed by atoms with Gasteiger partial charge in [-0.05, 0) is 35.0 Å². The Morgan fingerprint density at radius 1 is 1.43 bits per heavy atom. The van der Waals surface area contributed by atoms with Gasteiger partial charge in [-0.3, -0.25) is 0 Å². The fraction of sp³-hybridized carbons (Fsp3) is 0.444. The number of nitrogens with zero attached hydrogens (tertiary/aromatic N) is 2. The molecule has 0 bridgehead atoms. The fourth-order valence-corrected chi connectivity index (χ4v) is 1.60. The van der Waals surface area contributed by atoms with Crippen molar-refractivity contribution in [1.29, 1.82) is 0 Å². The third-order valence-corrected chi connectivity index (χ3v) is 3.01. The molecule has 2 rings (SSSR count). The molecule has 0 aliphatic carbocycles. The number of rotatable bonds is 1. The third-order valence-electron chi connectivity index (χ3n) is 2.17. The van der Waals surface area contributed by atoms with Crippen LogP contribution < -0.4 is 4.90 Å². The standard InChI is InChI=1S/C9H9BrF2N2/c1-6-7(10)2-3-8(13-6)14-4-9(11,12)5-14/h2-3H,4-5H2,1H3. The Kier molecular flexibility index (Phi) is 2.21. The van der Waals surface area contributed by atoms with E-state index >= 15 is 0 Å². The highest BCUT2D eigenvalue weighted by Crippen LogP contribution is 2.31. The second kappa shape index (κ2) is 3.15. The molecular formula is C9H9BrF2N2. The summed E-state index contributed by atoms with van der Waals surface area (Å²) in [5, 5.41) is 0. The molecule has 0 N–H and O–H groups in total. The number of aryl methyl sites for hydroxylation is 1. The van der Waals surface area contributed by atoms with Gasteiger partial charge in [-0.25, -0.2) is 13.8 Å². The van der Waals surface area contributed by atoms with E-state index in [0.29, 0.717) is 5.82 Å². The van der Waals surface area contributed by atoms with Crippen molar-refractivity contribution in [3.05, 3.63) is 22.3 Å². The highest BCUT2D eigenvalue weighted by atomic mass is 79.9. The Balaban J connectivity index is 2.16. The van der Waals surface area contributed by atoms with Crippen molar-refractivity contribution < 1.29 is 8.78 Å². The molecule has 2 heterocycles. The molecule has 76 valence electrons. The van der Waals surface area contributed by atoms with E-state index in [1.165, 1.54) is 0 Å². The van der Waals surface area contributed by atoms with Gasteiger partial charge < -0.3 is 4.90 Å². The highest BCUT2D eigenvalue weighted by molar-refractivity contribution is 9.10. The predicted molar refractivity (Wildman–Crippen MR) is 53.8 cm³/mol. The summed E-state index contributed by atoms with van der Waals surface area (Å²) in [5.74, 6) is -1.92. The molecule has 1 aromatic heterocycles.